The van der Waals surface area contributed by atoms with Crippen molar-refractivity contribution in [1.82, 2.24) is 4.90 Å². The Bertz CT molecular complexity index is 414. The van der Waals surface area contributed by atoms with Crippen LogP contribution in [0.4, 0.5) is 4.79 Å². The van der Waals surface area contributed by atoms with Gasteiger partial charge in [-0.2, -0.15) is 0 Å². The summed E-state index contributed by atoms with van der Waals surface area (Å²) in [6.45, 7) is 6.76. The molecule has 0 bridgehead atoms. The standard InChI is InChI=1S/C13H19NO6/c1-5-19-11(17)9-8(6-15)10(9)14(7-16)12(18)20-13(2,3)4/h6-10H,5H2,1-4H3/t8-,9-,10-/m1/s1. The molecule has 1 aliphatic rings. The van der Waals surface area contributed by atoms with E-state index in [1.165, 1.54) is 0 Å². The molecule has 1 saturated carbocycles. The quantitative estimate of drug-likeness (QED) is 0.547. The number of ether oxygens (including phenoxy) is 2. The number of hydrogen-bond acceptors (Lipinski definition) is 6. The summed E-state index contributed by atoms with van der Waals surface area (Å²) in [6.07, 6.45) is -0.0575. The predicted molar refractivity (Wildman–Crippen MR) is 67.6 cm³/mol. The van der Waals surface area contributed by atoms with E-state index in [1.54, 1.807) is 27.7 Å². The second-order valence-electron chi connectivity index (χ2n) is 5.47. The Hall–Kier alpha value is -1.92. The van der Waals surface area contributed by atoms with Crippen LogP contribution >= 0.6 is 0 Å². The number of nitrogens with zero attached hydrogens (tertiary/aromatic N) is 1. The number of carbonyl (C=O) groups is 4. The van der Waals surface area contributed by atoms with Crippen LogP contribution in [-0.4, -0.2) is 47.9 Å². The predicted octanol–water partition coefficient (Wildman–Crippen LogP) is 0.756. The molecule has 7 heteroatoms. The highest BCUT2D eigenvalue weighted by molar-refractivity contribution is 5.89. The lowest BCUT2D eigenvalue weighted by atomic mass is 10.2. The Kier molecular flexibility index (Phi) is 4.86. The number of carbonyl (C=O) groups excluding carboxylic acids is 4. The first-order chi connectivity index (χ1) is 9.26. The Labute approximate surface area is 117 Å². The van der Waals surface area contributed by atoms with Gasteiger partial charge in [0.25, 0.3) is 0 Å². The molecule has 1 aliphatic carbocycles. The molecule has 1 fully saturated rings. The summed E-state index contributed by atoms with van der Waals surface area (Å²) in [5.74, 6) is -2.12. The number of hydrogen-bond donors (Lipinski definition) is 0. The fraction of sp³-hybridized carbons (Fsp3) is 0.692. The Balaban J connectivity index is 2.80. The van der Waals surface area contributed by atoms with Crippen LogP contribution < -0.4 is 0 Å². The minimum atomic E-state index is -0.879. The summed E-state index contributed by atoms with van der Waals surface area (Å²) < 4.78 is 9.87. The van der Waals surface area contributed by atoms with Gasteiger partial charge in [-0.1, -0.05) is 0 Å². The van der Waals surface area contributed by atoms with Gasteiger partial charge in [0, 0.05) is 0 Å². The van der Waals surface area contributed by atoms with Gasteiger partial charge in [0.05, 0.1) is 24.5 Å². The van der Waals surface area contributed by atoms with Crippen molar-refractivity contribution in [2.45, 2.75) is 39.3 Å². The van der Waals surface area contributed by atoms with Gasteiger partial charge >= 0.3 is 12.1 Å². The van der Waals surface area contributed by atoms with E-state index < -0.39 is 35.5 Å². The lowest BCUT2D eigenvalue weighted by molar-refractivity contribution is -0.145. The summed E-state index contributed by atoms with van der Waals surface area (Å²) in [6, 6.07) is -0.820. The molecule has 0 aromatic rings. The molecular weight excluding hydrogens is 266 g/mol. The average Bonchev–Trinajstić information content (AvgIpc) is 3.02. The second kappa shape index (κ2) is 6.02. The molecule has 7 nitrogen and oxygen atoms in total. The third-order valence-corrected chi connectivity index (χ3v) is 2.79. The second-order valence-corrected chi connectivity index (χ2v) is 5.47. The topological polar surface area (TPSA) is 90.0 Å². The molecule has 20 heavy (non-hydrogen) atoms. The van der Waals surface area contributed by atoms with Gasteiger partial charge in [-0.05, 0) is 27.7 Å². The van der Waals surface area contributed by atoms with Crippen molar-refractivity contribution < 1.29 is 28.7 Å². The molecule has 2 amide bonds. The molecule has 0 saturated heterocycles. The minimum Gasteiger partial charge on any atom is -0.466 e. The first-order valence-electron chi connectivity index (χ1n) is 6.35. The molecule has 0 N–H and O–H groups in total. The monoisotopic (exact) mass is 285 g/mol. The highest BCUT2D eigenvalue weighted by atomic mass is 16.6. The van der Waals surface area contributed by atoms with Crippen molar-refractivity contribution in [3.05, 3.63) is 0 Å². The van der Waals surface area contributed by atoms with E-state index in [4.69, 9.17) is 9.47 Å². The highest BCUT2D eigenvalue weighted by Gasteiger charge is 2.61. The fourth-order valence-corrected chi connectivity index (χ4v) is 1.93. The average molecular weight is 285 g/mol. The molecule has 0 radical (unpaired) electrons. The van der Waals surface area contributed by atoms with E-state index in [2.05, 4.69) is 0 Å². The van der Waals surface area contributed by atoms with E-state index in [1.807, 2.05) is 0 Å². The van der Waals surface area contributed by atoms with Crippen molar-refractivity contribution in [1.29, 1.82) is 0 Å². The molecule has 112 valence electrons. The molecule has 3 atom stereocenters. The summed E-state index contributed by atoms with van der Waals surface area (Å²) in [5, 5.41) is 0. The maximum absolute atomic E-state index is 11.9. The van der Waals surface area contributed by atoms with Crippen LogP contribution in [0, 0.1) is 11.8 Å². The lowest BCUT2D eigenvalue weighted by Gasteiger charge is -2.23. The smallest absolute Gasteiger partial charge is 0.417 e. The zero-order chi connectivity index (χ0) is 15.5. The summed E-state index contributed by atoms with van der Waals surface area (Å²) in [4.78, 5) is 46.2. The van der Waals surface area contributed by atoms with Crippen LogP contribution in [0.3, 0.4) is 0 Å². The molecule has 1 rings (SSSR count). The Morgan fingerprint density at radius 3 is 2.25 bits per heavy atom. The Morgan fingerprint density at radius 1 is 1.25 bits per heavy atom. The van der Waals surface area contributed by atoms with Crippen molar-refractivity contribution >= 4 is 24.8 Å². The lowest BCUT2D eigenvalue weighted by Crippen LogP contribution is -2.39. The van der Waals surface area contributed by atoms with E-state index in [0.29, 0.717) is 6.29 Å². The van der Waals surface area contributed by atoms with Crippen LogP contribution in [0.15, 0.2) is 0 Å². The number of amides is 2. The molecule has 0 heterocycles. The zero-order valence-corrected chi connectivity index (χ0v) is 12.0. The maximum Gasteiger partial charge on any atom is 0.417 e. The van der Waals surface area contributed by atoms with Crippen LogP contribution in [-0.2, 0) is 23.9 Å². The summed E-state index contributed by atoms with van der Waals surface area (Å²) >= 11 is 0. The van der Waals surface area contributed by atoms with E-state index in [0.717, 1.165) is 4.90 Å². The molecule has 0 spiro atoms. The van der Waals surface area contributed by atoms with Gasteiger partial charge in [-0.15, -0.1) is 0 Å². The molecule has 0 aliphatic heterocycles. The molecule has 0 aromatic carbocycles. The van der Waals surface area contributed by atoms with Crippen LogP contribution in [0.25, 0.3) is 0 Å². The minimum absolute atomic E-state index is 0.168. The van der Waals surface area contributed by atoms with Crippen LogP contribution in [0.5, 0.6) is 0 Å². The Morgan fingerprint density at radius 2 is 1.85 bits per heavy atom. The molecule has 0 unspecified atom stereocenters. The zero-order valence-electron chi connectivity index (χ0n) is 12.0. The van der Waals surface area contributed by atoms with E-state index in [-0.39, 0.29) is 13.0 Å². The van der Waals surface area contributed by atoms with Gasteiger partial charge < -0.3 is 14.3 Å². The van der Waals surface area contributed by atoms with Crippen molar-refractivity contribution in [2.24, 2.45) is 11.8 Å². The third kappa shape index (κ3) is 3.55. The third-order valence-electron chi connectivity index (χ3n) is 2.79. The van der Waals surface area contributed by atoms with Crippen molar-refractivity contribution in [3.8, 4) is 0 Å². The fourth-order valence-electron chi connectivity index (χ4n) is 1.93. The SMILES string of the molecule is CCOC(=O)[C@@H]1[C@@H](C=O)[C@H]1N(C=O)C(=O)OC(C)(C)C. The number of aldehydes is 1. The van der Waals surface area contributed by atoms with Crippen LogP contribution in [0.2, 0.25) is 0 Å². The van der Waals surface area contributed by atoms with E-state index in [9.17, 15) is 19.2 Å². The normalized spacial score (nSPS) is 24.5. The highest BCUT2D eigenvalue weighted by Crippen LogP contribution is 2.42. The molecule has 0 aromatic heterocycles. The van der Waals surface area contributed by atoms with Crippen molar-refractivity contribution in [2.75, 3.05) is 6.61 Å². The number of rotatable bonds is 5. The van der Waals surface area contributed by atoms with Gasteiger partial charge in [0.1, 0.15) is 11.9 Å². The molecular formula is C13H19NO6. The maximum atomic E-state index is 11.9. The van der Waals surface area contributed by atoms with E-state index >= 15 is 0 Å². The first kappa shape index (κ1) is 16.1. The van der Waals surface area contributed by atoms with Gasteiger partial charge in [-0.3, -0.25) is 9.59 Å². The van der Waals surface area contributed by atoms with Crippen molar-refractivity contribution in [3.63, 3.8) is 0 Å². The van der Waals surface area contributed by atoms with Gasteiger partial charge in [0.15, 0.2) is 0 Å². The summed E-state index contributed by atoms with van der Waals surface area (Å²) in [7, 11) is 0. The van der Waals surface area contributed by atoms with Gasteiger partial charge in [0.2, 0.25) is 6.41 Å². The number of imide groups is 1. The largest absolute Gasteiger partial charge is 0.466 e. The number of esters is 1. The summed E-state index contributed by atoms with van der Waals surface area (Å²) in [5.41, 5.74) is -0.774. The van der Waals surface area contributed by atoms with Gasteiger partial charge in [-0.25, -0.2) is 9.69 Å². The first-order valence-corrected chi connectivity index (χ1v) is 6.35. The van der Waals surface area contributed by atoms with Crippen LogP contribution in [0.1, 0.15) is 27.7 Å².